The van der Waals surface area contributed by atoms with Crippen LogP contribution in [0.5, 0.6) is 0 Å². The molecule has 0 atom stereocenters. The van der Waals surface area contributed by atoms with E-state index in [9.17, 15) is 0 Å². The third kappa shape index (κ3) is 2.29. The van der Waals surface area contributed by atoms with Crippen molar-refractivity contribution < 1.29 is 9.47 Å². The maximum absolute atomic E-state index is 5.87. The summed E-state index contributed by atoms with van der Waals surface area (Å²) in [5.41, 5.74) is 1.33. The molecule has 2 aromatic rings. The monoisotopic (exact) mass is 263 g/mol. The van der Waals surface area contributed by atoms with Gasteiger partial charge in [0.1, 0.15) is 6.10 Å². The summed E-state index contributed by atoms with van der Waals surface area (Å²) >= 11 is 1.85. The third-order valence-corrected chi connectivity index (χ3v) is 4.40. The summed E-state index contributed by atoms with van der Waals surface area (Å²) in [5.74, 6) is 0. The van der Waals surface area contributed by atoms with E-state index >= 15 is 0 Å². The van der Waals surface area contributed by atoms with Crippen molar-refractivity contribution in [3.8, 4) is 0 Å². The van der Waals surface area contributed by atoms with Crippen molar-refractivity contribution in [2.24, 2.45) is 0 Å². The largest absolute Gasteiger partial charge is 0.376 e. The first-order chi connectivity index (χ1) is 8.88. The van der Waals surface area contributed by atoms with Crippen LogP contribution in [0.4, 0.5) is 0 Å². The highest BCUT2D eigenvalue weighted by atomic mass is 32.1. The number of rotatable bonds is 5. The summed E-state index contributed by atoms with van der Waals surface area (Å²) in [7, 11) is 1.98. The van der Waals surface area contributed by atoms with Crippen molar-refractivity contribution in [2.75, 3.05) is 20.3 Å². The van der Waals surface area contributed by atoms with E-state index in [0.717, 1.165) is 19.8 Å². The van der Waals surface area contributed by atoms with Gasteiger partial charge in [0.25, 0.3) is 0 Å². The minimum atomic E-state index is 0.283. The minimum absolute atomic E-state index is 0.283. The predicted octanol–water partition coefficient (Wildman–Crippen LogP) is 2.54. The molecule has 1 aromatic heterocycles. The van der Waals surface area contributed by atoms with Gasteiger partial charge in [0.2, 0.25) is 0 Å². The highest BCUT2D eigenvalue weighted by Gasteiger charge is 2.20. The molecule has 1 N–H and O–H groups in total. The summed E-state index contributed by atoms with van der Waals surface area (Å²) < 4.78 is 12.3. The topological polar surface area (TPSA) is 30.5 Å². The van der Waals surface area contributed by atoms with Crippen LogP contribution in [0.3, 0.4) is 0 Å². The number of ether oxygens (including phenoxy) is 2. The Hall–Kier alpha value is -0.940. The summed E-state index contributed by atoms with van der Waals surface area (Å²) in [6.45, 7) is 3.07. The van der Waals surface area contributed by atoms with Gasteiger partial charge in [-0.25, -0.2) is 0 Å². The van der Waals surface area contributed by atoms with Crippen LogP contribution < -0.4 is 5.32 Å². The molecule has 1 aliphatic heterocycles. The van der Waals surface area contributed by atoms with E-state index in [2.05, 4.69) is 29.6 Å². The van der Waals surface area contributed by atoms with E-state index in [4.69, 9.17) is 9.47 Å². The van der Waals surface area contributed by atoms with E-state index in [1.54, 1.807) is 0 Å². The maximum Gasteiger partial charge on any atom is 0.105 e. The summed E-state index contributed by atoms with van der Waals surface area (Å²) in [5, 5.41) is 4.56. The molecule has 0 saturated carbocycles. The first-order valence-corrected chi connectivity index (χ1v) is 7.03. The number of nitrogens with one attached hydrogen (secondary N) is 1. The zero-order chi connectivity index (χ0) is 12.4. The molecule has 0 radical (unpaired) electrons. The molecule has 3 nitrogen and oxygen atoms in total. The Morgan fingerprint density at radius 1 is 1.39 bits per heavy atom. The van der Waals surface area contributed by atoms with Gasteiger partial charge < -0.3 is 14.8 Å². The molecule has 3 rings (SSSR count). The zero-order valence-corrected chi connectivity index (χ0v) is 11.3. The van der Waals surface area contributed by atoms with Gasteiger partial charge in [0.05, 0.1) is 19.8 Å². The smallest absolute Gasteiger partial charge is 0.105 e. The average Bonchev–Trinajstić information content (AvgIpc) is 2.66. The Labute approximate surface area is 111 Å². The van der Waals surface area contributed by atoms with Gasteiger partial charge in [0.15, 0.2) is 0 Å². The fraction of sp³-hybridized carbons (Fsp3) is 0.429. The highest BCUT2D eigenvalue weighted by molar-refractivity contribution is 7.19. The molecule has 1 aliphatic rings. The molecule has 0 unspecified atom stereocenters. The Kier molecular flexibility index (Phi) is 3.61. The molecule has 18 heavy (non-hydrogen) atoms. The lowest BCUT2D eigenvalue weighted by Gasteiger charge is -2.26. The second-order valence-corrected chi connectivity index (χ2v) is 5.64. The Bertz CT molecular complexity index is 534. The maximum atomic E-state index is 5.87. The summed E-state index contributed by atoms with van der Waals surface area (Å²) in [6.07, 6.45) is 0.283. The number of hydrogen-bond donors (Lipinski definition) is 1. The zero-order valence-electron chi connectivity index (χ0n) is 10.4. The Balaban J connectivity index is 1.87. The number of benzene rings is 1. The van der Waals surface area contributed by atoms with Crippen molar-refractivity contribution in [1.29, 1.82) is 0 Å². The molecule has 0 spiro atoms. The molecule has 2 heterocycles. The van der Waals surface area contributed by atoms with Gasteiger partial charge in [-0.15, -0.1) is 11.3 Å². The van der Waals surface area contributed by atoms with Gasteiger partial charge in [-0.1, -0.05) is 18.2 Å². The molecule has 1 aromatic carbocycles. The van der Waals surface area contributed by atoms with Gasteiger partial charge >= 0.3 is 0 Å². The van der Waals surface area contributed by atoms with Crippen LogP contribution in [-0.2, 0) is 22.6 Å². The lowest BCUT2D eigenvalue weighted by Crippen LogP contribution is -2.35. The normalized spacial score (nSPS) is 16.1. The van der Waals surface area contributed by atoms with Gasteiger partial charge in [-0.05, 0) is 18.5 Å². The van der Waals surface area contributed by atoms with E-state index in [1.165, 1.54) is 20.5 Å². The van der Waals surface area contributed by atoms with E-state index in [-0.39, 0.29) is 6.10 Å². The molecule has 1 fully saturated rings. The van der Waals surface area contributed by atoms with E-state index in [0.29, 0.717) is 6.61 Å². The summed E-state index contributed by atoms with van der Waals surface area (Å²) in [6, 6.07) is 8.54. The molecule has 1 saturated heterocycles. The molecule has 0 amide bonds. The SMILES string of the molecule is CNCc1sc2ccccc2c1COC1COC1. The average molecular weight is 263 g/mol. The Morgan fingerprint density at radius 2 is 2.22 bits per heavy atom. The van der Waals surface area contributed by atoms with Crippen molar-refractivity contribution in [3.63, 3.8) is 0 Å². The van der Waals surface area contributed by atoms with E-state index in [1.807, 2.05) is 18.4 Å². The van der Waals surface area contributed by atoms with Crippen LogP contribution in [0.15, 0.2) is 24.3 Å². The second kappa shape index (κ2) is 5.36. The summed E-state index contributed by atoms with van der Waals surface area (Å²) in [4.78, 5) is 1.37. The molecule has 4 heteroatoms. The van der Waals surface area contributed by atoms with Crippen molar-refractivity contribution in [1.82, 2.24) is 5.32 Å². The van der Waals surface area contributed by atoms with Gasteiger partial charge in [-0.2, -0.15) is 0 Å². The molecule has 0 bridgehead atoms. The number of fused-ring (bicyclic) bond motifs is 1. The molecular weight excluding hydrogens is 246 g/mol. The first kappa shape index (κ1) is 12.1. The van der Waals surface area contributed by atoms with Crippen molar-refractivity contribution in [3.05, 3.63) is 34.7 Å². The lowest BCUT2D eigenvalue weighted by molar-refractivity contribution is -0.135. The molecular formula is C14H17NO2S. The van der Waals surface area contributed by atoms with Crippen LogP contribution in [-0.4, -0.2) is 26.4 Å². The van der Waals surface area contributed by atoms with Crippen molar-refractivity contribution in [2.45, 2.75) is 19.3 Å². The van der Waals surface area contributed by atoms with Crippen LogP contribution in [0, 0.1) is 0 Å². The van der Waals surface area contributed by atoms with Crippen LogP contribution >= 0.6 is 11.3 Å². The van der Waals surface area contributed by atoms with Gasteiger partial charge in [0, 0.05) is 21.7 Å². The number of hydrogen-bond acceptors (Lipinski definition) is 4. The molecule has 96 valence electrons. The predicted molar refractivity (Wildman–Crippen MR) is 74.0 cm³/mol. The molecule has 0 aliphatic carbocycles. The fourth-order valence-corrected chi connectivity index (χ4v) is 3.34. The van der Waals surface area contributed by atoms with Crippen LogP contribution in [0.1, 0.15) is 10.4 Å². The van der Waals surface area contributed by atoms with Gasteiger partial charge in [-0.3, -0.25) is 0 Å². The lowest BCUT2D eigenvalue weighted by atomic mass is 10.1. The second-order valence-electron chi connectivity index (χ2n) is 4.50. The highest BCUT2D eigenvalue weighted by Crippen LogP contribution is 2.32. The van der Waals surface area contributed by atoms with E-state index < -0.39 is 0 Å². The first-order valence-electron chi connectivity index (χ1n) is 6.21. The third-order valence-electron chi connectivity index (χ3n) is 3.19. The number of thiophene rings is 1. The Morgan fingerprint density at radius 3 is 2.94 bits per heavy atom. The fourth-order valence-electron chi connectivity index (χ4n) is 2.12. The standard InChI is InChI=1S/C14H17NO2S/c1-15-6-14-12(9-17-10-7-16-8-10)11-4-2-3-5-13(11)18-14/h2-5,10,15H,6-9H2,1H3. The van der Waals surface area contributed by atoms with Crippen LogP contribution in [0.2, 0.25) is 0 Å². The minimum Gasteiger partial charge on any atom is -0.376 e. The van der Waals surface area contributed by atoms with Crippen molar-refractivity contribution >= 4 is 21.4 Å². The van der Waals surface area contributed by atoms with Crippen LogP contribution in [0.25, 0.3) is 10.1 Å². The quantitative estimate of drug-likeness (QED) is 0.899.